The van der Waals surface area contributed by atoms with Crippen LogP contribution in [0.1, 0.15) is 25.8 Å². The van der Waals surface area contributed by atoms with E-state index in [4.69, 9.17) is 4.74 Å². The highest BCUT2D eigenvalue weighted by Crippen LogP contribution is 2.28. The summed E-state index contributed by atoms with van der Waals surface area (Å²) in [5, 5.41) is 0. The molecule has 0 N–H and O–H groups in total. The van der Waals surface area contributed by atoms with Gasteiger partial charge in [0.2, 0.25) is 15.9 Å². The Morgan fingerprint density at radius 3 is 2.29 bits per heavy atom. The Hall–Kier alpha value is -2.78. The van der Waals surface area contributed by atoms with Crippen LogP contribution < -0.4 is 4.90 Å². The van der Waals surface area contributed by atoms with Gasteiger partial charge in [-0.05, 0) is 42.0 Å². The summed E-state index contributed by atoms with van der Waals surface area (Å²) >= 11 is 0. The molecule has 1 aliphatic heterocycles. The van der Waals surface area contributed by atoms with Gasteiger partial charge in [0.25, 0.3) is 0 Å². The van der Waals surface area contributed by atoms with Crippen LogP contribution in [-0.4, -0.2) is 44.2 Å². The fraction of sp³-hybridized carbons (Fsp3) is 0.364. The molecule has 1 fully saturated rings. The molecule has 1 atom stereocenters. The molecule has 0 aromatic heterocycles. The van der Waals surface area contributed by atoms with Crippen LogP contribution in [0.2, 0.25) is 0 Å². The van der Waals surface area contributed by atoms with Gasteiger partial charge in [0.1, 0.15) is 12.4 Å². The van der Waals surface area contributed by atoms with Crippen LogP contribution in [0.4, 0.5) is 10.1 Å². The van der Waals surface area contributed by atoms with Crippen LogP contribution >= 0.6 is 0 Å². The summed E-state index contributed by atoms with van der Waals surface area (Å²) in [6.07, 6.45) is 0.0156. The van der Waals surface area contributed by atoms with Crippen LogP contribution in [-0.2, 0) is 31.0 Å². The predicted molar refractivity (Wildman–Crippen MR) is 113 cm³/mol. The van der Waals surface area contributed by atoms with E-state index in [-0.39, 0.29) is 36.2 Å². The van der Waals surface area contributed by atoms with Crippen LogP contribution in [0.5, 0.6) is 0 Å². The summed E-state index contributed by atoms with van der Waals surface area (Å²) in [4.78, 5) is 26.4. The van der Waals surface area contributed by atoms with Gasteiger partial charge in [0.05, 0.1) is 10.8 Å². The SMILES string of the molecule is CCN(CC)S(=O)(=O)c1ccc(N2CC(C(=O)OCc3ccc(F)cc3)CC2=O)cc1. The van der Waals surface area contributed by atoms with Gasteiger partial charge in [-0.3, -0.25) is 9.59 Å². The number of hydrogen-bond acceptors (Lipinski definition) is 5. The Bertz CT molecular complexity index is 1030. The standard InChI is InChI=1S/C22H25FN2O5S/c1-3-24(4-2)31(28,29)20-11-9-19(10-12-20)25-14-17(13-21(25)26)22(27)30-15-16-5-7-18(23)8-6-16/h5-12,17H,3-4,13-15H2,1-2H3. The Kier molecular flexibility index (Phi) is 7.07. The van der Waals surface area contributed by atoms with Crippen LogP contribution in [0.25, 0.3) is 0 Å². The van der Waals surface area contributed by atoms with Gasteiger partial charge in [0, 0.05) is 31.7 Å². The monoisotopic (exact) mass is 448 g/mol. The predicted octanol–water partition coefficient (Wildman–Crippen LogP) is 2.95. The van der Waals surface area contributed by atoms with E-state index in [1.165, 1.54) is 45.6 Å². The molecular formula is C22H25FN2O5S. The lowest BCUT2D eigenvalue weighted by atomic mass is 10.1. The molecule has 1 aliphatic rings. The molecule has 0 spiro atoms. The Balaban J connectivity index is 1.64. The van der Waals surface area contributed by atoms with E-state index < -0.39 is 21.9 Å². The maximum atomic E-state index is 13.0. The second kappa shape index (κ2) is 9.57. The number of hydrogen-bond donors (Lipinski definition) is 0. The van der Waals surface area contributed by atoms with E-state index in [2.05, 4.69) is 0 Å². The van der Waals surface area contributed by atoms with Crippen LogP contribution in [0, 0.1) is 11.7 Å². The zero-order valence-electron chi connectivity index (χ0n) is 17.5. The summed E-state index contributed by atoms with van der Waals surface area (Å²) < 4.78 is 44.8. The smallest absolute Gasteiger partial charge is 0.311 e. The van der Waals surface area contributed by atoms with Crippen molar-refractivity contribution >= 4 is 27.6 Å². The number of anilines is 1. The second-order valence-electron chi connectivity index (χ2n) is 7.22. The van der Waals surface area contributed by atoms with Crippen LogP contribution in [0.3, 0.4) is 0 Å². The topological polar surface area (TPSA) is 84.0 Å². The summed E-state index contributed by atoms with van der Waals surface area (Å²) in [7, 11) is -3.58. The minimum Gasteiger partial charge on any atom is -0.461 e. The van der Waals surface area contributed by atoms with Gasteiger partial charge in [0.15, 0.2) is 0 Å². The van der Waals surface area contributed by atoms with Crippen LogP contribution in [0.15, 0.2) is 53.4 Å². The van der Waals surface area contributed by atoms with Crippen molar-refractivity contribution in [2.24, 2.45) is 5.92 Å². The molecule has 1 heterocycles. The first-order valence-electron chi connectivity index (χ1n) is 10.1. The molecule has 0 radical (unpaired) electrons. The lowest BCUT2D eigenvalue weighted by Gasteiger charge is -2.20. The molecule has 1 saturated heterocycles. The Morgan fingerprint density at radius 2 is 1.71 bits per heavy atom. The van der Waals surface area contributed by atoms with Crippen molar-refractivity contribution in [1.29, 1.82) is 0 Å². The molecule has 7 nitrogen and oxygen atoms in total. The molecule has 0 saturated carbocycles. The van der Waals surface area contributed by atoms with Gasteiger partial charge < -0.3 is 9.64 Å². The summed E-state index contributed by atoms with van der Waals surface area (Å²) in [6.45, 7) is 4.44. The van der Waals surface area contributed by atoms with E-state index in [9.17, 15) is 22.4 Å². The number of rotatable bonds is 8. The normalized spacial score (nSPS) is 16.7. The zero-order chi connectivity index (χ0) is 22.6. The first-order valence-corrected chi connectivity index (χ1v) is 11.5. The molecule has 1 amide bonds. The number of benzene rings is 2. The lowest BCUT2D eigenvalue weighted by molar-refractivity contribution is -0.149. The zero-order valence-corrected chi connectivity index (χ0v) is 18.3. The first-order chi connectivity index (χ1) is 14.8. The van der Waals surface area contributed by atoms with Crippen molar-refractivity contribution in [3.05, 3.63) is 59.9 Å². The number of amides is 1. The summed E-state index contributed by atoms with van der Waals surface area (Å²) in [5.41, 5.74) is 1.18. The van der Waals surface area contributed by atoms with Crippen molar-refractivity contribution in [2.45, 2.75) is 31.8 Å². The van der Waals surface area contributed by atoms with Gasteiger partial charge in [-0.1, -0.05) is 26.0 Å². The molecule has 166 valence electrons. The largest absolute Gasteiger partial charge is 0.461 e. The van der Waals surface area contributed by atoms with Gasteiger partial charge >= 0.3 is 5.97 Å². The number of nitrogens with zero attached hydrogens (tertiary/aromatic N) is 2. The summed E-state index contributed by atoms with van der Waals surface area (Å²) in [5.74, 6) is -1.72. The lowest BCUT2D eigenvalue weighted by Crippen LogP contribution is -2.30. The number of ether oxygens (including phenoxy) is 1. The molecule has 2 aromatic rings. The Morgan fingerprint density at radius 1 is 1.10 bits per heavy atom. The maximum Gasteiger partial charge on any atom is 0.311 e. The van der Waals surface area contributed by atoms with Crippen molar-refractivity contribution < 1.29 is 27.1 Å². The van der Waals surface area contributed by atoms with Gasteiger partial charge in [-0.2, -0.15) is 4.31 Å². The molecule has 9 heteroatoms. The number of esters is 1. The highest BCUT2D eigenvalue weighted by atomic mass is 32.2. The number of halogens is 1. The fourth-order valence-corrected chi connectivity index (χ4v) is 4.94. The number of sulfonamides is 1. The first kappa shape index (κ1) is 22.9. The van der Waals surface area contributed by atoms with Gasteiger partial charge in [-0.15, -0.1) is 0 Å². The third-order valence-corrected chi connectivity index (χ3v) is 7.31. The quantitative estimate of drug-likeness (QED) is 0.580. The van der Waals surface area contributed by atoms with Crippen molar-refractivity contribution in [1.82, 2.24) is 4.31 Å². The number of carbonyl (C=O) groups is 2. The number of carbonyl (C=O) groups excluding carboxylic acids is 2. The molecule has 1 unspecified atom stereocenters. The Labute approximate surface area is 181 Å². The average molecular weight is 449 g/mol. The minimum atomic E-state index is -3.58. The van der Waals surface area contributed by atoms with Gasteiger partial charge in [-0.25, -0.2) is 12.8 Å². The minimum absolute atomic E-state index is 0.00170. The summed E-state index contributed by atoms with van der Waals surface area (Å²) in [6, 6.07) is 11.7. The molecular weight excluding hydrogens is 423 g/mol. The molecule has 3 rings (SSSR count). The maximum absolute atomic E-state index is 13.0. The molecule has 2 aromatic carbocycles. The van der Waals surface area contributed by atoms with E-state index in [1.807, 2.05) is 0 Å². The second-order valence-corrected chi connectivity index (χ2v) is 9.16. The van der Waals surface area contributed by atoms with Crippen molar-refractivity contribution in [2.75, 3.05) is 24.5 Å². The molecule has 31 heavy (non-hydrogen) atoms. The highest BCUT2D eigenvalue weighted by molar-refractivity contribution is 7.89. The van der Waals surface area contributed by atoms with E-state index in [0.29, 0.717) is 24.3 Å². The highest BCUT2D eigenvalue weighted by Gasteiger charge is 2.36. The molecule has 0 aliphatic carbocycles. The fourth-order valence-electron chi connectivity index (χ4n) is 3.48. The third-order valence-electron chi connectivity index (χ3n) is 5.24. The van der Waals surface area contributed by atoms with E-state index >= 15 is 0 Å². The third kappa shape index (κ3) is 5.11. The van der Waals surface area contributed by atoms with E-state index in [0.717, 1.165) is 0 Å². The van der Waals surface area contributed by atoms with Crippen molar-refractivity contribution in [3.63, 3.8) is 0 Å². The van der Waals surface area contributed by atoms with E-state index in [1.54, 1.807) is 26.0 Å². The average Bonchev–Trinajstić information content (AvgIpc) is 3.15. The van der Waals surface area contributed by atoms with Crippen molar-refractivity contribution in [3.8, 4) is 0 Å². The molecule has 0 bridgehead atoms.